The first kappa shape index (κ1) is 12.9. The molecule has 0 bridgehead atoms. The lowest BCUT2D eigenvalue weighted by molar-refractivity contribution is -0.129. The van der Waals surface area contributed by atoms with Crippen molar-refractivity contribution in [3.63, 3.8) is 0 Å². The Morgan fingerprint density at radius 1 is 1.53 bits per heavy atom. The molecule has 0 radical (unpaired) electrons. The Kier molecular flexibility index (Phi) is 6.96. The molecule has 0 aromatic rings. The van der Waals surface area contributed by atoms with Crippen LogP contribution in [0.2, 0.25) is 0 Å². The minimum Gasteiger partial charge on any atom is -0.381 e. The van der Waals surface area contributed by atoms with Crippen LogP contribution in [0.25, 0.3) is 0 Å². The number of hydrogen-bond acceptors (Lipinski definition) is 3. The van der Waals surface area contributed by atoms with Crippen LogP contribution in [0.3, 0.4) is 0 Å². The molecule has 0 aromatic carbocycles. The van der Waals surface area contributed by atoms with Crippen molar-refractivity contribution in [1.29, 1.82) is 0 Å². The molecule has 4 nitrogen and oxygen atoms in total. The van der Waals surface area contributed by atoms with E-state index in [4.69, 9.17) is 9.47 Å². The van der Waals surface area contributed by atoms with Crippen molar-refractivity contribution in [3.8, 4) is 0 Å². The number of carbonyl (C=O) groups excluding carboxylic acids is 1. The second-order valence-electron chi connectivity index (χ2n) is 3.51. The summed E-state index contributed by atoms with van der Waals surface area (Å²) in [6.45, 7) is 3.20. The molecule has 1 rings (SSSR count). The summed E-state index contributed by atoms with van der Waals surface area (Å²) in [7, 11) is 0. The van der Waals surface area contributed by atoms with E-state index in [0.717, 1.165) is 24.8 Å². The van der Waals surface area contributed by atoms with Crippen molar-refractivity contribution in [2.24, 2.45) is 5.92 Å². The highest BCUT2D eigenvalue weighted by Gasteiger charge is 2.20. The van der Waals surface area contributed by atoms with Crippen molar-refractivity contribution in [1.82, 2.24) is 5.32 Å². The Morgan fingerprint density at radius 2 is 2.40 bits per heavy atom. The highest BCUT2D eigenvalue weighted by molar-refractivity contribution is 9.09. The predicted octanol–water partition coefficient (Wildman–Crippen LogP) is 0.941. The van der Waals surface area contributed by atoms with Crippen molar-refractivity contribution < 1.29 is 14.3 Å². The van der Waals surface area contributed by atoms with Gasteiger partial charge in [-0.1, -0.05) is 15.9 Å². The van der Waals surface area contributed by atoms with Crippen LogP contribution in [-0.4, -0.2) is 44.2 Å². The second-order valence-corrected chi connectivity index (χ2v) is 4.30. The maximum Gasteiger partial charge on any atom is 0.225 e. The van der Waals surface area contributed by atoms with E-state index in [1.807, 2.05) is 0 Å². The lowest BCUT2D eigenvalue weighted by Gasteiger charge is -2.21. The monoisotopic (exact) mass is 279 g/mol. The topological polar surface area (TPSA) is 47.6 Å². The smallest absolute Gasteiger partial charge is 0.225 e. The van der Waals surface area contributed by atoms with Crippen molar-refractivity contribution >= 4 is 21.8 Å². The Bertz CT molecular complexity index is 184. The quantitative estimate of drug-likeness (QED) is 0.582. The molecule has 1 aliphatic rings. The van der Waals surface area contributed by atoms with Gasteiger partial charge in [-0.2, -0.15) is 0 Å². The summed E-state index contributed by atoms with van der Waals surface area (Å²) in [5.41, 5.74) is 0. The SMILES string of the molecule is O=C(NCCOCCBr)C1CCCOC1. The van der Waals surface area contributed by atoms with E-state index in [-0.39, 0.29) is 11.8 Å². The van der Waals surface area contributed by atoms with E-state index < -0.39 is 0 Å². The zero-order valence-electron chi connectivity index (χ0n) is 8.84. The number of carbonyl (C=O) groups is 1. The van der Waals surface area contributed by atoms with E-state index in [1.54, 1.807) is 0 Å². The van der Waals surface area contributed by atoms with Crippen LogP contribution in [-0.2, 0) is 14.3 Å². The van der Waals surface area contributed by atoms with Gasteiger partial charge in [-0.15, -0.1) is 0 Å². The number of nitrogens with one attached hydrogen (secondary N) is 1. The molecular weight excluding hydrogens is 262 g/mol. The first-order valence-corrected chi connectivity index (χ1v) is 6.46. The largest absolute Gasteiger partial charge is 0.381 e. The molecule has 0 aliphatic carbocycles. The van der Waals surface area contributed by atoms with Crippen LogP contribution in [0, 0.1) is 5.92 Å². The van der Waals surface area contributed by atoms with E-state index in [9.17, 15) is 4.79 Å². The fraction of sp³-hybridized carbons (Fsp3) is 0.900. The Labute approximate surface area is 98.8 Å². The number of hydrogen-bond donors (Lipinski definition) is 1. The molecule has 1 heterocycles. The minimum absolute atomic E-state index is 0.0370. The fourth-order valence-electron chi connectivity index (χ4n) is 1.49. The van der Waals surface area contributed by atoms with Gasteiger partial charge in [-0.05, 0) is 12.8 Å². The minimum atomic E-state index is 0.0370. The standard InChI is InChI=1S/C10H18BrNO3/c11-3-6-14-7-4-12-10(13)9-2-1-5-15-8-9/h9H,1-8H2,(H,12,13). The summed E-state index contributed by atoms with van der Waals surface area (Å²) in [6, 6.07) is 0. The molecule has 1 unspecified atom stereocenters. The second kappa shape index (κ2) is 8.07. The molecule has 0 saturated carbocycles. The molecule has 88 valence electrons. The number of alkyl halides is 1. The van der Waals surface area contributed by atoms with Crippen LogP contribution in [0.5, 0.6) is 0 Å². The Morgan fingerprint density at radius 3 is 3.07 bits per heavy atom. The predicted molar refractivity (Wildman–Crippen MR) is 61.2 cm³/mol. The summed E-state index contributed by atoms with van der Waals surface area (Å²) >= 11 is 3.26. The number of ether oxygens (including phenoxy) is 2. The molecule has 1 N–H and O–H groups in total. The zero-order valence-corrected chi connectivity index (χ0v) is 10.4. The third kappa shape index (κ3) is 5.49. The summed E-state index contributed by atoms with van der Waals surface area (Å²) < 4.78 is 10.5. The lowest BCUT2D eigenvalue weighted by atomic mass is 10.0. The van der Waals surface area contributed by atoms with Gasteiger partial charge in [0.2, 0.25) is 5.91 Å². The van der Waals surface area contributed by atoms with Gasteiger partial charge in [-0.25, -0.2) is 0 Å². The summed E-state index contributed by atoms with van der Waals surface area (Å²) in [5.74, 6) is 0.132. The number of rotatable bonds is 6. The van der Waals surface area contributed by atoms with Gasteiger partial charge >= 0.3 is 0 Å². The van der Waals surface area contributed by atoms with Crippen LogP contribution in [0.15, 0.2) is 0 Å². The van der Waals surface area contributed by atoms with Crippen LogP contribution < -0.4 is 5.32 Å². The highest BCUT2D eigenvalue weighted by Crippen LogP contribution is 2.12. The van der Waals surface area contributed by atoms with E-state index in [0.29, 0.717) is 26.4 Å². The summed E-state index contributed by atoms with van der Waals surface area (Å²) in [6.07, 6.45) is 1.92. The van der Waals surface area contributed by atoms with Crippen molar-refractivity contribution in [2.45, 2.75) is 12.8 Å². The van der Waals surface area contributed by atoms with Crippen LogP contribution >= 0.6 is 15.9 Å². The zero-order chi connectivity index (χ0) is 10.9. The molecule has 1 atom stereocenters. The number of amides is 1. The van der Waals surface area contributed by atoms with Crippen LogP contribution in [0.4, 0.5) is 0 Å². The van der Waals surface area contributed by atoms with Gasteiger partial charge in [0, 0.05) is 18.5 Å². The molecule has 0 aromatic heterocycles. The molecule has 1 fully saturated rings. The maximum absolute atomic E-state index is 11.6. The Hall–Kier alpha value is -0.130. The number of halogens is 1. The van der Waals surface area contributed by atoms with Crippen molar-refractivity contribution in [3.05, 3.63) is 0 Å². The van der Waals surface area contributed by atoms with Gasteiger partial charge in [0.1, 0.15) is 0 Å². The van der Waals surface area contributed by atoms with E-state index in [1.165, 1.54) is 0 Å². The third-order valence-electron chi connectivity index (χ3n) is 2.30. The van der Waals surface area contributed by atoms with Crippen molar-refractivity contribution in [2.75, 3.05) is 38.3 Å². The summed E-state index contributed by atoms with van der Waals surface area (Å²) in [4.78, 5) is 11.6. The molecule has 1 saturated heterocycles. The first-order valence-electron chi connectivity index (χ1n) is 5.33. The van der Waals surface area contributed by atoms with Gasteiger partial charge < -0.3 is 14.8 Å². The average Bonchev–Trinajstić information content (AvgIpc) is 2.30. The molecule has 5 heteroatoms. The van der Waals surface area contributed by atoms with Gasteiger partial charge in [0.15, 0.2) is 0 Å². The Balaban J connectivity index is 2.02. The fourth-order valence-corrected chi connectivity index (χ4v) is 1.72. The maximum atomic E-state index is 11.6. The van der Waals surface area contributed by atoms with Gasteiger partial charge in [-0.3, -0.25) is 4.79 Å². The molecule has 0 spiro atoms. The third-order valence-corrected chi connectivity index (χ3v) is 2.62. The van der Waals surface area contributed by atoms with Gasteiger partial charge in [0.25, 0.3) is 0 Å². The van der Waals surface area contributed by atoms with E-state index in [2.05, 4.69) is 21.2 Å². The first-order chi connectivity index (χ1) is 7.34. The van der Waals surface area contributed by atoms with Crippen LogP contribution in [0.1, 0.15) is 12.8 Å². The molecular formula is C10H18BrNO3. The molecule has 1 aliphatic heterocycles. The van der Waals surface area contributed by atoms with Gasteiger partial charge in [0.05, 0.1) is 25.7 Å². The highest BCUT2D eigenvalue weighted by atomic mass is 79.9. The molecule has 15 heavy (non-hydrogen) atoms. The lowest BCUT2D eigenvalue weighted by Crippen LogP contribution is -2.37. The normalized spacial score (nSPS) is 21.3. The average molecular weight is 280 g/mol. The summed E-state index contributed by atoms with van der Waals surface area (Å²) in [5, 5.41) is 3.68. The molecule has 1 amide bonds. The van der Waals surface area contributed by atoms with E-state index >= 15 is 0 Å².